The molecule has 9 nitrogen and oxygen atoms in total. The molecule has 2 aromatic carbocycles. The highest BCUT2D eigenvalue weighted by Gasteiger charge is 2.34. The number of amides is 1. The van der Waals surface area contributed by atoms with E-state index < -0.39 is 0 Å². The number of cyclic esters (lactones) is 1. The number of fused-ring (bicyclic) bond motifs is 2. The molecule has 1 unspecified atom stereocenters. The molecular weight excluding hydrogens is 524 g/mol. The first kappa shape index (κ1) is 25.7. The van der Waals surface area contributed by atoms with Crippen molar-refractivity contribution >= 4 is 45.6 Å². The van der Waals surface area contributed by atoms with Crippen molar-refractivity contribution < 1.29 is 9.53 Å². The van der Waals surface area contributed by atoms with Crippen molar-refractivity contribution in [1.82, 2.24) is 19.4 Å². The Labute approximate surface area is 228 Å². The lowest BCUT2D eigenvalue weighted by Gasteiger charge is -2.25. The number of hydrogen-bond donors (Lipinski definition) is 1. The van der Waals surface area contributed by atoms with Gasteiger partial charge in [-0.15, -0.1) is 11.3 Å². The van der Waals surface area contributed by atoms with E-state index in [2.05, 4.69) is 16.0 Å². The predicted octanol–water partition coefficient (Wildman–Crippen LogP) is 4.98. The number of nitrogen functional groups attached to an aromatic ring is 1. The van der Waals surface area contributed by atoms with Crippen molar-refractivity contribution in [1.29, 1.82) is 5.26 Å². The zero-order chi connectivity index (χ0) is 26.8. The SMILES string of the molecule is Cc1nc2cc(-c3ncc(C#N)s3)c(N)cc2c(=O)n1Cc1ccc(Cl)cc1.O=C1OCC2CCCCN12. The molecule has 0 spiro atoms. The van der Waals surface area contributed by atoms with Gasteiger partial charge < -0.3 is 15.4 Å². The molecule has 11 heteroatoms. The number of nitriles is 1. The van der Waals surface area contributed by atoms with E-state index in [0.717, 1.165) is 24.9 Å². The van der Waals surface area contributed by atoms with Crippen LogP contribution in [0.25, 0.3) is 21.5 Å². The number of anilines is 1. The Balaban J connectivity index is 0.000000244. The summed E-state index contributed by atoms with van der Waals surface area (Å²) in [6.45, 7) is 3.72. The maximum absolute atomic E-state index is 13.1. The molecule has 2 N–H and O–H groups in total. The average Bonchev–Trinajstić information content (AvgIpc) is 3.55. The minimum absolute atomic E-state index is 0.107. The van der Waals surface area contributed by atoms with Crippen LogP contribution in [0.2, 0.25) is 5.02 Å². The van der Waals surface area contributed by atoms with Gasteiger partial charge in [0.1, 0.15) is 28.4 Å². The van der Waals surface area contributed by atoms with Gasteiger partial charge in [-0.05, 0) is 56.0 Å². The summed E-state index contributed by atoms with van der Waals surface area (Å²) in [6, 6.07) is 13.2. The number of ether oxygens (including phenoxy) is 1. The number of carbonyl (C=O) groups is 1. The molecule has 6 rings (SSSR count). The number of nitrogens with two attached hydrogens (primary N) is 1. The Morgan fingerprint density at radius 2 is 2.03 bits per heavy atom. The molecule has 2 aliphatic rings. The van der Waals surface area contributed by atoms with E-state index in [0.29, 0.717) is 62.1 Å². The minimum Gasteiger partial charge on any atom is -0.447 e. The molecule has 1 amide bonds. The topological polar surface area (TPSA) is 127 Å². The monoisotopic (exact) mass is 548 g/mol. The van der Waals surface area contributed by atoms with Crippen LogP contribution in [0.3, 0.4) is 0 Å². The Kier molecular flexibility index (Phi) is 7.31. The molecular formula is C27H25ClN6O3S. The van der Waals surface area contributed by atoms with E-state index in [4.69, 9.17) is 27.3 Å². The lowest BCUT2D eigenvalue weighted by molar-refractivity contribution is 0.154. The Hall–Kier alpha value is -3.94. The van der Waals surface area contributed by atoms with Gasteiger partial charge in [0.2, 0.25) is 0 Å². The largest absolute Gasteiger partial charge is 0.447 e. The number of nitrogens with zero attached hydrogens (tertiary/aromatic N) is 5. The summed E-state index contributed by atoms with van der Waals surface area (Å²) in [5, 5.41) is 10.7. The van der Waals surface area contributed by atoms with E-state index in [1.54, 1.807) is 35.8 Å². The van der Waals surface area contributed by atoms with Crippen LogP contribution in [0.1, 0.15) is 35.5 Å². The fourth-order valence-electron chi connectivity index (χ4n) is 4.65. The fraction of sp³-hybridized carbons (Fsp3) is 0.296. The standard InChI is InChI=1S/C20H14ClN5OS.C7H11NO2/c1-11-25-18-7-15(19-24-9-14(8-22)28-19)17(23)6-16(18)20(27)26(11)10-12-2-4-13(21)5-3-12;9-7-8-4-2-1-3-6(8)5-10-7/h2-7,9H,10,23H2,1H3;6H,1-5H2. The van der Waals surface area contributed by atoms with Crippen LogP contribution in [0.5, 0.6) is 0 Å². The molecule has 0 bridgehead atoms. The van der Waals surface area contributed by atoms with Crippen LogP contribution >= 0.6 is 22.9 Å². The molecule has 2 aliphatic heterocycles. The molecule has 2 saturated heterocycles. The second-order valence-electron chi connectivity index (χ2n) is 9.19. The maximum atomic E-state index is 13.1. The fourth-order valence-corrected chi connectivity index (χ4v) is 5.53. The highest BCUT2D eigenvalue weighted by Crippen LogP contribution is 2.32. The lowest BCUT2D eigenvalue weighted by Crippen LogP contribution is -2.37. The summed E-state index contributed by atoms with van der Waals surface area (Å²) in [6.07, 6.45) is 4.92. The Bertz CT molecular complexity index is 1610. The second-order valence-corrected chi connectivity index (χ2v) is 10.7. The van der Waals surface area contributed by atoms with Crippen molar-refractivity contribution in [2.45, 2.75) is 38.8 Å². The van der Waals surface area contributed by atoms with Crippen molar-refractivity contribution in [3.63, 3.8) is 0 Å². The number of aryl methyl sites for hydroxylation is 1. The van der Waals surface area contributed by atoms with Crippen molar-refractivity contribution in [3.05, 3.63) is 74.2 Å². The first-order chi connectivity index (χ1) is 18.3. The summed E-state index contributed by atoms with van der Waals surface area (Å²) >= 11 is 7.18. The third kappa shape index (κ3) is 5.21. The second kappa shape index (κ2) is 10.8. The van der Waals surface area contributed by atoms with Gasteiger partial charge in [-0.1, -0.05) is 23.7 Å². The third-order valence-electron chi connectivity index (χ3n) is 6.68. The third-order valence-corrected chi connectivity index (χ3v) is 7.86. The average molecular weight is 549 g/mol. The van der Waals surface area contributed by atoms with Crippen LogP contribution < -0.4 is 11.3 Å². The van der Waals surface area contributed by atoms with E-state index in [1.807, 2.05) is 17.0 Å². The zero-order valence-electron chi connectivity index (χ0n) is 20.7. The minimum atomic E-state index is -0.160. The van der Waals surface area contributed by atoms with Crippen molar-refractivity contribution in [2.24, 2.45) is 0 Å². The highest BCUT2D eigenvalue weighted by molar-refractivity contribution is 7.15. The van der Waals surface area contributed by atoms with Gasteiger partial charge in [0, 0.05) is 22.8 Å². The van der Waals surface area contributed by atoms with Crippen molar-refractivity contribution in [2.75, 3.05) is 18.9 Å². The summed E-state index contributed by atoms with van der Waals surface area (Å²) in [4.78, 5) is 35.2. The summed E-state index contributed by atoms with van der Waals surface area (Å²) in [7, 11) is 0. The summed E-state index contributed by atoms with van der Waals surface area (Å²) < 4.78 is 6.50. The van der Waals surface area contributed by atoms with Gasteiger partial charge >= 0.3 is 6.09 Å². The van der Waals surface area contributed by atoms with E-state index in [1.165, 1.54) is 24.0 Å². The number of carbonyl (C=O) groups excluding carboxylic acids is 1. The number of piperidine rings is 1. The molecule has 0 radical (unpaired) electrons. The number of aromatic nitrogens is 3. The number of halogens is 1. The Morgan fingerprint density at radius 3 is 2.74 bits per heavy atom. The van der Waals surface area contributed by atoms with Gasteiger partial charge in [0.15, 0.2) is 0 Å². The maximum Gasteiger partial charge on any atom is 0.410 e. The lowest BCUT2D eigenvalue weighted by atomic mass is 10.0. The van der Waals surface area contributed by atoms with Crippen molar-refractivity contribution in [3.8, 4) is 16.6 Å². The molecule has 1 atom stereocenters. The molecule has 2 aromatic heterocycles. The van der Waals surface area contributed by atoms with Crippen LogP contribution in [-0.2, 0) is 11.3 Å². The Morgan fingerprint density at radius 1 is 1.24 bits per heavy atom. The number of benzene rings is 2. The predicted molar refractivity (Wildman–Crippen MR) is 147 cm³/mol. The smallest absolute Gasteiger partial charge is 0.410 e. The number of thiazole rings is 1. The number of rotatable bonds is 3. The molecule has 194 valence electrons. The molecule has 2 fully saturated rings. The molecule has 0 saturated carbocycles. The van der Waals surface area contributed by atoms with Crippen LogP contribution in [0, 0.1) is 18.3 Å². The van der Waals surface area contributed by atoms with Crippen LogP contribution in [-0.4, -0.2) is 44.7 Å². The van der Waals surface area contributed by atoms with E-state index >= 15 is 0 Å². The van der Waals surface area contributed by atoms with Gasteiger partial charge in [0.25, 0.3) is 5.56 Å². The van der Waals surface area contributed by atoms with Crippen LogP contribution in [0.15, 0.2) is 47.4 Å². The normalized spacial score (nSPS) is 16.4. The van der Waals surface area contributed by atoms with Crippen LogP contribution in [0.4, 0.5) is 10.5 Å². The number of hydrogen-bond acceptors (Lipinski definition) is 8. The molecule has 4 heterocycles. The summed E-state index contributed by atoms with van der Waals surface area (Å²) in [5.41, 5.74) is 8.62. The highest BCUT2D eigenvalue weighted by atomic mass is 35.5. The zero-order valence-corrected chi connectivity index (χ0v) is 22.3. The first-order valence-electron chi connectivity index (χ1n) is 12.2. The molecule has 38 heavy (non-hydrogen) atoms. The van der Waals surface area contributed by atoms with E-state index in [-0.39, 0.29) is 11.7 Å². The molecule has 4 aromatic rings. The van der Waals surface area contributed by atoms with E-state index in [9.17, 15) is 9.59 Å². The summed E-state index contributed by atoms with van der Waals surface area (Å²) in [5.74, 6) is 0.597. The van der Waals surface area contributed by atoms with Gasteiger partial charge in [-0.3, -0.25) is 9.36 Å². The van der Waals surface area contributed by atoms with Gasteiger partial charge in [0.05, 0.1) is 29.7 Å². The van der Waals surface area contributed by atoms with Gasteiger partial charge in [-0.25, -0.2) is 14.8 Å². The first-order valence-corrected chi connectivity index (χ1v) is 13.4. The van der Waals surface area contributed by atoms with Gasteiger partial charge in [-0.2, -0.15) is 5.26 Å². The molecule has 0 aliphatic carbocycles. The quantitative estimate of drug-likeness (QED) is 0.358.